The summed E-state index contributed by atoms with van der Waals surface area (Å²) < 4.78 is 1.74. The van der Waals surface area contributed by atoms with Gasteiger partial charge in [0.2, 0.25) is 5.91 Å². The van der Waals surface area contributed by atoms with E-state index in [1.165, 1.54) is 0 Å². The summed E-state index contributed by atoms with van der Waals surface area (Å²) in [5, 5.41) is 12.0. The maximum absolute atomic E-state index is 12.1. The normalized spacial score (nSPS) is 19.3. The van der Waals surface area contributed by atoms with Gasteiger partial charge in [-0.2, -0.15) is 0 Å². The quantitative estimate of drug-likeness (QED) is 0.809. The van der Waals surface area contributed by atoms with Crippen molar-refractivity contribution in [1.82, 2.24) is 4.90 Å². The molecule has 1 unspecified atom stereocenters. The van der Waals surface area contributed by atoms with Crippen LogP contribution in [0.5, 0.6) is 0 Å². The van der Waals surface area contributed by atoms with Gasteiger partial charge in [0.15, 0.2) is 0 Å². The van der Waals surface area contributed by atoms with Crippen molar-refractivity contribution in [2.45, 2.75) is 13.3 Å². The third-order valence-electron chi connectivity index (χ3n) is 3.45. The van der Waals surface area contributed by atoms with Crippen LogP contribution in [0.25, 0.3) is 0 Å². The molecule has 0 aliphatic carbocycles. The minimum Gasteiger partial charge on any atom is -0.396 e. The zero-order valence-electron chi connectivity index (χ0n) is 11.3. The van der Waals surface area contributed by atoms with Crippen LogP contribution in [0.4, 0.5) is 5.69 Å². The van der Waals surface area contributed by atoms with Crippen molar-refractivity contribution in [2.75, 3.05) is 31.6 Å². The van der Waals surface area contributed by atoms with E-state index in [-0.39, 0.29) is 12.5 Å². The van der Waals surface area contributed by atoms with E-state index in [0.29, 0.717) is 12.5 Å². The molecule has 1 aromatic rings. The molecular formula is C14H18Br2N2O2. The van der Waals surface area contributed by atoms with Gasteiger partial charge in [-0.05, 0) is 75.4 Å². The van der Waals surface area contributed by atoms with Crippen LogP contribution in [-0.4, -0.2) is 42.2 Å². The van der Waals surface area contributed by atoms with Gasteiger partial charge in [0.25, 0.3) is 0 Å². The number of halogens is 2. The Hall–Kier alpha value is -0.430. The van der Waals surface area contributed by atoms with E-state index < -0.39 is 0 Å². The number of aliphatic hydroxyl groups excluding tert-OH is 1. The van der Waals surface area contributed by atoms with Gasteiger partial charge in [0.05, 0.1) is 12.2 Å². The monoisotopic (exact) mass is 404 g/mol. The number of rotatable bonds is 4. The second-order valence-corrected chi connectivity index (χ2v) is 6.93. The maximum Gasteiger partial charge on any atom is 0.238 e. The van der Waals surface area contributed by atoms with E-state index in [0.717, 1.165) is 39.7 Å². The third kappa shape index (κ3) is 4.04. The van der Waals surface area contributed by atoms with Crippen molar-refractivity contribution in [3.63, 3.8) is 0 Å². The molecule has 1 heterocycles. The standard InChI is InChI=1S/C14H18Br2N2O2/c1-9-4-11(15)14(12(16)5-9)17-13(20)7-18-3-2-10(6-18)8-19/h4-5,10,19H,2-3,6-8H2,1H3,(H,17,20). The molecule has 20 heavy (non-hydrogen) atoms. The van der Waals surface area contributed by atoms with Gasteiger partial charge in [-0.15, -0.1) is 0 Å². The first-order valence-electron chi connectivity index (χ1n) is 6.58. The zero-order valence-corrected chi connectivity index (χ0v) is 14.5. The van der Waals surface area contributed by atoms with Crippen LogP contribution in [0.1, 0.15) is 12.0 Å². The summed E-state index contributed by atoms with van der Waals surface area (Å²) in [7, 11) is 0. The number of likely N-dealkylation sites (tertiary alicyclic amines) is 1. The Bertz CT molecular complexity index is 485. The Kier molecular flexibility index (Phi) is 5.60. The summed E-state index contributed by atoms with van der Waals surface area (Å²) in [6, 6.07) is 3.94. The summed E-state index contributed by atoms with van der Waals surface area (Å²) in [6.07, 6.45) is 0.960. The number of hydrogen-bond donors (Lipinski definition) is 2. The highest BCUT2D eigenvalue weighted by atomic mass is 79.9. The van der Waals surface area contributed by atoms with E-state index >= 15 is 0 Å². The lowest BCUT2D eigenvalue weighted by atomic mass is 10.1. The number of hydrogen-bond acceptors (Lipinski definition) is 3. The fourth-order valence-corrected chi connectivity index (χ4v) is 4.02. The second kappa shape index (κ2) is 7.02. The van der Waals surface area contributed by atoms with Crippen LogP contribution >= 0.6 is 31.9 Å². The lowest BCUT2D eigenvalue weighted by molar-refractivity contribution is -0.117. The maximum atomic E-state index is 12.1. The zero-order chi connectivity index (χ0) is 14.7. The molecule has 1 atom stereocenters. The lowest BCUT2D eigenvalue weighted by Crippen LogP contribution is -2.32. The number of carbonyl (C=O) groups excluding carboxylic acids is 1. The number of aryl methyl sites for hydroxylation is 1. The molecule has 1 aliphatic heterocycles. The number of benzene rings is 1. The fraction of sp³-hybridized carbons (Fsp3) is 0.500. The SMILES string of the molecule is Cc1cc(Br)c(NC(=O)CN2CCC(CO)C2)c(Br)c1. The highest BCUT2D eigenvalue weighted by Gasteiger charge is 2.23. The number of carbonyl (C=O) groups is 1. The Morgan fingerprint density at radius 1 is 1.45 bits per heavy atom. The van der Waals surface area contributed by atoms with E-state index in [4.69, 9.17) is 5.11 Å². The number of amides is 1. The summed E-state index contributed by atoms with van der Waals surface area (Å²) >= 11 is 6.94. The average Bonchev–Trinajstić information content (AvgIpc) is 2.81. The molecule has 6 heteroatoms. The molecule has 0 bridgehead atoms. The van der Waals surface area contributed by atoms with Gasteiger partial charge in [-0.3, -0.25) is 9.69 Å². The molecule has 2 N–H and O–H groups in total. The number of anilines is 1. The first-order valence-corrected chi connectivity index (χ1v) is 8.17. The highest BCUT2D eigenvalue weighted by molar-refractivity contribution is 9.11. The molecule has 0 spiro atoms. The molecule has 1 amide bonds. The first kappa shape index (κ1) is 15.9. The molecule has 4 nitrogen and oxygen atoms in total. The van der Waals surface area contributed by atoms with E-state index in [1.807, 2.05) is 19.1 Å². The van der Waals surface area contributed by atoms with Crippen LogP contribution < -0.4 is 5.32 Å². The molecule has 110 valence electrons. The van der Waals surface area contributed by atoms with E-state index in [9.17, 15) is 4.79 Å². The van der Waals surface area contributed by atoms with Crippen molar-refractivity contribution in [3.05, 3.63) is 26.6 Å². The predicted molar refractivity (Wildman–Crippen MR) is 86.8 cm³/mol. The number of aliphatic hydroxyl groups is 1. The van der Waals surface area contributed by atoms with Crippen LogP contribution in [0.3, 0.4) is 0 Å². The van der Waals surface area contributed by atoms with Crippen molar-refractivity contribution >= 4 is 43.5 Å². The smallest absolute Gasteiger partial charge is 0.238 e. The summed E-state index contributed by atoms with van der Waals surface area (Å²) in [5.41, 5.74) is 1.88. The fourth-order valence-electron chi connectivity index (χ4n) is 2.41. The average molecular weight is 406 g/mol. The van der Waals surface area contributed by atoms with Crippen LogP contribution in [0, 0.1) is 12.8 Å². The molecule has 1 fully saturated rings. The topological polar surface area (TPSA) is 52.6 Å². The molecule has 1 saturated heterocycles. The summed E-state index contributed by atoms with van der Waals surface area (Å²) in [5.74, 6) is 0.273. The second-order valence-electron chi connectivity index (χ2n) is 5.22. The minimum atomic E-state index is -0.0335. The van der Waals surface area contributed by atoms with Gasteiger partial charge in [-0.1, -0.05) is 0 Å². The molecule has 0 saturated carbocycles. The molecular weight excluding hydrogens is 388 g/mol. The Labute approximate surface area is 135 Å². The predicted octanol–water partition coefficient (Wildman–Crippen LogP) is 2.77. The van der Waals surface area contributed by atoms with Gasteiger partial charge in [0, 0.05) is 22.1 Å². The van der Waals surface area contributed by atoms with Crippen molar-refractivity contribution in [1.29, 1.82) is 0 Å². The number of nitrogens with zero attached hydrogens (tertiary/aromatic N) is 1. The van der Waals surface area contributed by atoms with Crippen LogP contribution in [-0.2, 0) is 4.79 Å². The van der Waals surface area contributed by atoms with Crippen molar-refractivity contribution in [2.24, 2.45) is 5.92 Å². The third-order valence-corrected chi connectivity index (χ3v) is 4.70. The Morgan fingerprint density at radius 2 is 2.10 bits per heavy atom. The van der Waals surface area contributed by atoms with Crippen molar-refractivity contribution < 1.29 is 9.90 Å². The van der Waals surface area contributed by atoms with E-state index in [2.05, 4.69) is 42.1 Å². The molecule has 0 aromatic heterocycles. The first-order chi connectivity index (χ1) is 9.49. The molecule has 0 radical (unpaired) electrons. The minimum absolute atomic E-state index is 0.0335. The van der Waals surface area contributed by atoms with Gasteiger partial charge < -0.3 is 10.4 Å². The van der Waals surface area contributed by atoms with E-state index in [1.54, 1.807) is 0 Å². The summed E-state index contributed by atoms with van der Waals surface area (Å²) in [4.78, 5) is 14.2. The number of nitrogens with one attached hydrogen (secondary N) is 1. The van der Waals surface area contributed by atoms with Crippen molar-refractivity contribution in [3.8, 4) is 0 Å². The highest BCUT2D eigenvalue weighted by Crippen LogP contribution is 2.32. The van der Waals surface area contributed by atoms with Crippen LogP contribution in [0.15, 0.2) is 21.1 Å². The largest absolute Gasteiger partial charge is 0.396 e. The molecule has 1 aromatic carbocycles. The Morgan fingerprint density at radius 3 is 2.65 bits per heavy atom. The van der Waals surface area contributed by atoms with Crippen LogP contribution in [0.2, 0.25) is 0 Å². The lowest BCUT2D eigenvalue weighted by Gasteiger charge is -2.16. The van der Waals surface area contributed by atoms with Gasteiger partial charge >= 0.3 is 0 Å². The Balaban J connectivity index is 1.95. The van der Waals surface area contributed by atoms with Gasteiger partial charge in [0.1, 0.15) is 0 Å². The summed E-state index contributed by atoms with van der Waals surface area (Å²) in [6.45, 7) is 4.23. The van der Waals surface area contributed by atoms with Gasteiger partial charge in [-0.25, -0.2) is 0 Å². The molecule has 1 aliphatic rings. The molecule has 2 rings (SSSR count).